The summed E-state index contributed by atoms with van der Waals surface area (Å²) in [6.07, 6.45) is 8.85. The van der Waals surface area contributed by atoms with Crippen molar-refractivity contribution in [2.24, 2.45) is 28.6 Å². The van der Waals surface area contributed by atoms with E-state index in [4.69, 9.17) is 13.8 Å². The number of ether oxygens (including phenoxy) is 1. The van der Waals surface area contributed by atoms with Crippen LogP contribution in [0.2, 0.25) is 0 Å². The fourth-order valence-corrected chi connectivity index (χ4v) is 9.67. The Morgan fingerprint density at radius 2 is 1.89 bits per heavy atom. The molecule has 0 aliphatic heterocycles. The van der Waals surface area contributed by atoms with Gasteiger partial charge in [0.2, 0.25) is 5.91 Å². The number of halogens is 1. The van der Waals surface area contributed by atoms with Crippen LogP contribution in [0.15, 0.2) is 23.8 Å². The maximum Gasteiger partial charge on any atom is 0.472 e. The van der Waals surface area contributed by atoms with E-state index in [-0.39, 0.29) is 38.1 Å². The number of unbranched alkanes of at least 4 members (excludes halogenated alkanes) is 3. The second-order valence-corrected chi connectivity index (χ2v) is 15.9. The number of phosphoric ester groups is 1. The maximum atomic E-state index is 17.3. The van der Waals surface area contributed by atoms with Gasteiger partial charge in [-0.3, -0.25) is 23.4 Å². The Kier molecular flexibility index (Phi) is 11.8. The van der Waals surface area contributed by atoms with Crippen LogP contribution in [0, 0.1) is 28.6 Å². The van der Waals surface area contributed by atoms with Crippen LogP contribution in [0.4, 0.5) is 4.39 Å². The van der Waals surface area contributed by atoms with Crippen molar-refractivity contribution in [1.82, 2.24) is 5.32 Å². The zero-order valence-electron chi connectivity index (χ0n) is 28.3. The summed E-state index contributed by atoms with van der Waals surface area (Å²) in [5.74, 6) is -3.33. The number of nitrogens with one attached hydrogen (secondary N) is 1. The summed E-state index contributed by atoms with van der Waals surface area (Å²) >= 11 is 0. The van der Waals surface area contributed by atoms with E-state index in [0.717, 1.165) is 32.1 Å². The van der Waals surface area contributed by atoms with Gasteiger partial charge in [-0.05, 0) is 69.9 Å². The lowest BCUT2D eigenvalue weighted by atomic mass is 9.44. The number of alkyl halides is 1. The summed E-state index contributed by atoms with van der Waals surface area (Å²) in [5, 5.41) is 26.0. The van der Waals surface area contributed by atoms with Crippen molar-refractivity contribution in [3.63, 3.8) is 0 Å². The molecule has 3 saturated carbocycles. The van der Waals surface area contributed by atoms with E-state index in [1.165, 1.54) is 12.2 Å². The third-order valence-electron chi connectivity index (χ3n) is 11.6. The molecule has 4 N–H and O–H groups in total. The fourth-order valence-electron chi connectivity index (χ4n) is 8.99. The number of hydrogen-bond acceptors (Lipinski definition) is 9. The molecule has 0 radical (unpaired) electrons. The molecule has 4 rings (SSSR count). The molecule has 0 aromatic heterocycles. The zero-order valence-corrected chi connectivity index (χ0v) is 29.2. The number of fused-ring (bicyclic) bond motifs is 5. The minimum absolute atomic E-state index is 0.0688. The number of phosphoric acid groups is 1. The zero-order chi connectivity index (χ0) is 34.8. The van der Waals surface area contributed by atoms with Gasteiger partial charge in [0.25, 0.3) is 0 Å². The van der Waals surface area contributed by atoms with Gasteiger partial charge in [0.15, 0.2) is 17.2 Å². The second kappa shape index (κ2) is 14.6. The second-order valence-electron chi connectivity index (χ2n) is 14.5. The van der Waals surface area contributed by atoms with E-state index < -0.39 is 72.1 Å². The first kappa shape index (κ1) is 38.0. The highest BCUT2D eigenvalue weighted by atomic mass is 31.2. The molecule has 0 bridgehead atoms. The van der Waals surface area contributed by atoms with E-state index in [2.05, 4.69) is 12.2 Å². The van der Waals surface area contributed by atoms with Crippen molar-refractivity contribution in [2.45, 2.75) is 116 Å². The van der Waals surface area contributed by atoms with Gasteiger partial charge in [-0.1, -0.05) is 58.1 Å². The molecule has 4 aliphatic carbocycles. The number of ketones is 2. The van der Waals surface area contributed by atoms with E-state index >= 15 is 4.39 Å². The highest BCUT2D eigenvalue weighted by Crippen LogP contribution is 2.70. The predicted molar refractivity (Wildman–Crippen MR) is 172 cm³/mol. The molecule has 0 spiro atoms. The van der Waals surface area contributed by atoms with Crippen molar-refractivity contribution in [2.75, 3.05) is 26.4 Å². The molecule has 2 unspecified atom stereocenters. The van der Waals surface area contributed by atoms with E-state index in [1.54, 1.807) is 26.8 Å². The highest BCUT2D eigenvalue weighted by molar-refractivity contribution is 7.47. The lowest BCUT2D eigenvalue weighted by Gasteiger charge is -2.62. The van der Waals surface area contributed by atoms with Gasteiger partial charge in [0.1, 0.15) is 18.8 Å². The van der Waals surface area contributed by atoms with Crippen molar-refractivity contribution in [3.8, 4) is 0 Å². The molecule has 0 saturated heterocycles. The SMILES string of the molecule is CCCCCCC(C)OCC(=O)NCCOP(=O)(O)OCC(=O)[C@@]1(O)[C@H](C)C[C@H]2[C@@H]3CCC4=CC(=O)C=C[C@]4(C)[C@@]3(F)[C@@H](O)C[C@@]21C. The Morgan fingerprint density at radius 1 is 1.17 bits per heavy atom. The first-order valence-electron chi connectivity index (χ1n) is 17.0. The van der Waals surface area contributed by atoms with Gasteiger partial charge in [0, 0.05) is 23.3 Å². The Balaban J connectivity index is 1.31. The van der Waals surface area contributed by atoms with Crippen molar-refractivity contribution < 1.29 is 52.2 Å². The minimum Gasteiger partial charge on any atom is -0.390 e. The first-order valence-corrected chi connectivity index (χ1v) is 18.5. The summed E-state index contributed by atoms with van der Waals surface area (Å²) in [6.45, 7) is 7.51. The number of rotatable bonds is 16. The molecule has 0 heterocycles. The predicted octanol–water partition coefficient (Wildman–Crippen LogP) is 4.53. The van der Waals surface area contributed by atoms with Gasteiger partial charge < -0.3 is 25.2 Å². The normalized spacial score (nSPS) is 38.1. The Labute approximate surface area is 277 Å². The number of amides is 1. The van der Waals surface area contributed by atoms with Gasteiger partial charge >= 0.3 is 7.82 Å². The number of hydrogen-bond donors (Lipinski definition) is 4. The monoisotopic (exact) mass is 685 g/mol. The molecule has 0 aromatic carbocycles. The summed E-state index contributed by atoms with van der Waals surface area (Å²) in [4.78, 5) is 48.0. The summed E-state index contributed by atoms with van der Waals surface area (Å²) in [7, 11) is -4.75. The van der Waals surface area contributed by atoms with Crippen LogP contribution in [0.25, 0.3) is 0 Å². The summed E-state index contributed by atoms with van der Waals surface area (Å²) < 4.78 is 45.4. The molecule has 3 fully saturated rings. The lowest BCUT2D eigenvalue weighted by Crippen LogP contribution is -2.69. The molecule has 0 aromatic rings. The van der Waals surface area contributed by atoms with Crippen LogP contribution in [0.1, 0.15) is 92.4 Å². The molecular weight excluding hydrogens is 632 g/mol. The topological polar surface area (TPSA) is 169 Å². The van der Waals surface area contributed by atoms with Gasteiger partial charge in [-0.15, -0.1) is 0 Å². The number of Topliss-reactive ketones (excluding diaryl/α,β-unsaturated/α-hetero) is 1. The maximum absolute atomic E-state index is 17.3. The third-order valence-corrected chi connectivity index (χ3v) is 12.6. The van der Waals surface area contributed by atoms with E-state index in [0.29, 0.717) is 24.8 Å². The van der Waals surface area contributed by atoms with Crippen LogP contribution in [0.5, 0.6) is 0 Å². The number of carbonyl (C=O) groups excluding carboxylic acids is 3. The molecule has 11 nitrogen and oxygen atoms in total. The number of allylic oxidation sites excluding steroid dienone is 4. The Bertz CT molecular complexity index is 1310. The Hall–Kier alpha value is -1.79. The number of aliphatic hydroxyl groups is 2. The third kappa shape index (κ3) is 7.12. The van der Waals surface area contributed by atoms with Gasteiger partial charge in [0.05, 0.1) is 18.8 Å². The molecular formula is C34H53FNO10P. The number of carbonyl (C=O) groups is 3. The smallest absolute Gasteiger partial charge is 0.390 e. The highest BCUT2D eigenvalue weighted by Gasteiger charge is 2.75. The van der Waals surface area contributed by atoms with Crippen molar-refractivity contribution in [1.29, 1.82) is 0 Å². The first-order chi connectivity index (χ1) is 22.0. The van der Waals surface area contributed by atoms with Crippen LogP contribution in [0.3, 0.4) is 0 Å². The van der Waals surface area contributed by atoms with Crippen LogP contribution in [-0.2, 0) is 32.7 Å². The van der Waals surface area contributed by atoms with Crippen LogP contribution >= 0.6 is 7.82 Å². The molecule has 13 heteroatoms. The van der Waals surface area contributed by atoms with E-state index in [9.17, 15) is 34.1 Å². The van der Waals surface area contributed by atoms with E-state index in [1.807, 2.05) is 6.92 Å². The standard InChI is InChI=1S/C34H53FNO10P/c1-6-7-8-9-10-23(3)44-21-30(40)36-15-16-45-47(42,43)46-20-29(39)34(41)22(2)17-27-26-12-11-24-18-25(37)13-14-31(24,4)33(26,35)28(38)19-32(27,34)5/h13-14,18,22-23,26-28,38,41H,6-12,15-17,19-21H2,1-5H3,(H,36,40)(H,42,43)/t22-,23?,26+,27+,28+,31+,32+,33+,34+/m1/s1. The Morgan fingerprint density at radius 3 is 2.60 bits per heavy atom. The minimum atomic E-state index is -4.75. The average molecular weight is 686 g/mol. The summed E-state index contributed by atoms with van der Waals surface area (Å²) in [6, 6.07) is 0. The molecule has 4 aliphatic rings. The van der Waals surface area contributed by atoms with Crippen molar-refractivity contribution >= 4 is 25.3 Å². The number of aliphatic hydroxyl groups excluding tert-OH is 1. The van der Waals surface area contributed by atoms with Gasteiger partial charge in [-0.25, -0.2) is 8.96 Å². The van der Waals surface area contributed by atoms with Crippen molar-refractivity contribution in [3.05, 3.63) is 23.8 Å². The van der Waals surface area contributed by atoms with Gasteiger partial charge in [-0.2, -0.15) is 0 Å². The molecule has 10 atom stereocenters. The average Bonchev–Trinajstić information content (AvgIpc) is 3.21. The fraction of sp³-hybridized carbons (Fsp3) is 0.794. The van der Waals surface area contributed by atoms with Crippen LogP contribution in [-0.4, -0.2) is 82.4 Å². The summed E-state index contributed by atoms with van der Waals surface area (Å²) in [5.41, 5.74) is -6.02. The molecule has 47 heavy (non-hydrogen) atoms. The van der Waals surface area contributed by atoms with Crippen LogP contribution < -0.4 is 5.32 Å². The lowest BCUT2D eigenvalue weighted by molar-refractivity contribution is -0.219. The molecule has 1 amide bonds. The quantitative estimate of drug-likeness (QED) is 0.134. The largest absolute Gasteiger partial charge is 0.472 e. The molecule has 266 valence electrons.